The van der Waals surface area contributed by atoms with E-state index in [9.17, 15) is 0 Å². The van der Waals surface area contributed by atoms with Crippen LogP contribution in [0.3, 0.4) is 0 Å². The Morgan fingerprint density at radius 2 is 2.15 bits per heavy atom. The zero-order valence-electron chi connectivity index (χ0n) is 12.1. The van der Waals surface area contributed by atoms with Gasteiger partial charge in [-0.3, -0.25) is 4.98 Å². The molecule has 1 aliphatic carbocycles. The fourth-order valence-corrected chi connectivity index (χ4v) is 3.31. The molecular formula is C17H23N3. The lowest BCUT2D eigenvalue weighted by molar-refractivity contribution is 0.327. The number of para-hydroxylation sites is 1. The first-order chi connectivity index (χ1) is 9.78. The minimum absolute atomic E-state index is 0.543. The summed E-state index contributed by atoms with van der Waals surface area (Å²) in [4.78, 5) is 4.40. The second-order valence-electron chi connectivity index (χ2n) is 5.89. The molecule has 3 N–H and O–H groups in total. The first-order valence-electron chi connectivity index (χ1n) is 7.67. The number of nitrogens with one attached hydrogen (secondary N) is 1. The fraction of sp³-hybridized carbons (Fsp3) is 0.471. The number of nitrogen functional groups attached to an aromatic ring is 1. The number of nitrogens with zero attached hydrogens (tertiary/aromatic N) is 1. The largest absolute Gasteiger partial charge is 0.396 e. The molecule has 2 aromatic rings. The molecule has 0 aliphatic heterocycles. The van der Waals surface area contributed by atoms with Crippen LogP contribution in [0.25, 0.3) is 10.9 Å². The van der Waals surface area contributed by atoms with Gasteiger partial charge >= 0.3 is 0 Å². The Hall–Kier alpha value is -1.77. The van der Waals surface area contributed by atoms with E-state index in [2.05, 4.69) is 23.3 Å². The van der Waals surface area contributed by atoms with E-state index in [1.54, 1.807) is 6.20 Å². The van der Waals surface area contributed by atoms with E-state index < -0.39 is 0 Å². The van der Waals surface area contributed by atoms with Gasteiger partial charge in [0, 0.05) is 11.4 Å². The molecule has 1 aliphatic rings. The van der Waals surface area contributed by atoms with E-state index in [0.717, 1.165) is 28.2 Å². The van der Waals surface area contributed by atoms with Gasteiger partial charge in [-0.25, -0.2) is 0 Å². The van der Waals surface area contributed by atoms with E-state index in [1.807, 2.05) is 18.2 Å². The highest BCUT2D eigenvalue weighted by atomic mass is 14.9. The van der Waals surface area contributed by atoms with Crippen LogP contribution < -0.4 is 11.1 Å². The van der Waals surface area contributed by atoms with Crippen LogP contribution in [0.15, 0.2) is 30.5 Å². The van der Waals surface area contributed by atoms with Gasteiger partial charge in [0.05, 0.1) is 23.1 Å². The number of nitrogens with two attached hydrogens (primary N) is 1. The van der Waals surface area contributed by atoms with Gasteiger partial charge in [0.15, 0.2) is 0 Å². The normalized spacial score (nSPS) is 22.9. The quantitative estimate of drug-likeness (QED) is 0.878. The Balaban J connectivity index is 1.88. The van der Waals surface area contributed by atoms with Gasteiger partial charge < -0.3 is 11.1 Å². The maximum Gasteiger partial charge on any atom is 0.0743 e. The van der Waals surface area contributed by atoms with E-state index in [4.69, 9.17) is 5.73 Å². The third-order valence-corrected chi connectivity index (χ3v) is 4.51. The van der Waals surface area contributed by atoms with Crippen LogP contribution in [-0.4, -0.2) is 11.0 Å². The van der Waals surface area contributed by atoms with Crippen LogP contribution in [0.1, 0.15) is 39.0 Å². The minimum atomic E-state index is 0.543. The molecule has 2 unspecified atom stereocenters. The number of aromatic nitrogens is 1. The summed E-state index contributed by atoms with van der Waals surface area (Å²) >= 11 is 0. The molecule has 20 heavy (non-hydrogen) atoms. The molecule has 0 saturated heterocycles. The minimum Gasteiger partial charge on any atom is -0.396 e. The number of hydrogen-bond donors (Lipinski definition) is 2. The number of anilines is 2. The zero-order chi connectivity index (χ0) is 13.9. The molecule has 1 aromatic carbocycles. The Morgan fingerprint density at radius 1 is 1.30 bits per heavy atom. The molecule has 1 saturated carbocycles. The SMILES string of the molecule is CCC1CCCC(Nc2c(N)cnc3ccccc23)C1. The van der Waals surface area contributed by atoms with Crippen molar-refractivity contribution in [1.82, 2.24) is 4.98 Å². The molecule has 1 aromatic heterocycles. The summed E-state index contributed by atoms with van der Waals surface area (Å²) in [5, 5.41) is 4.82. The molecule has 3 rings (SSSR count). The second-order valence-corrected chi connectivity index (χ2v) is 5.89. The number of fused-ring (bicyclic) bond motifs is 1. The van der Waals surface area contributed by atoms with Gasteiger partial charge in [-0.15, -0.1) is 0 Å². The van der Waals surface area contributed by atoms with Crippen molar-refractivity contribution in [2.24, 2.45) is 5.92 Å². The first kappa shape index (κ1) is 13.2. The van der Waals surface area contributed by atoms with Gasteiger partial charge in [-0.1, -0.05) is 44.4 Å². The monoisotopic (exact) mass is 269 g/mol. The number of rotatable bonds is 3. The van der Waals surface area contributed by atoms with Crippen molar-refractivity contribution >= 4 is 22.3 Å². The van der Waals surface area contributed by atoms with Crippen molar-refractivity contribution in [2.75, 3.05) is 11.1 Å². The van der Waals surface area contributed by atoms with Crippen molar-refractivity contribution in [3.8, 4) is 0 Å². The van der Waals surface area contributed by atoms with Gasteiger partial charge in [-0.05, 0) is 24.8 Å². The van der Waals surface area contributed by atoms with Gasteiger partial charge in [0.25, 0.3) is 0 Å². The summed E-state index contributed by atoms with van der Waals surface area (Å²) in [7, 11) is 0. The van der Waals surface area contributed by atoms with E-state index >= 15 is 0 Å². The Morgan fingerprint density at radius 3 is 3.00 bits per heavy atom. The molecule has 0 amide bonds. The summed E-state index contributed by atoms with van der Waals surface area (Å²) in [6, 6.07) is 8.74. The molecule has 106 valence electrons. The van der Waals surface area contributed by atoms with Gasteiger partial charge in [0.1, 0.15) is 0 Å². The topological polar surface area (TPSA) is 50.9 Å². The summed E-state index contributed by atoms with van der Waals surface area (Å²) in [5.41, 5.74) is 8.97. The third-order valence-electron chi connectivity index (χ3n) is 4.51. The van der Waals surface area contributed by atoms with Gasteiger partial charge in [-0.2, -0.15) is 0 Å². The van der Waals surface area contributed by atoms with Crippen LogP contribution in [0.5, 0.6) is 0 Å². The molecule has 0 spiro atoms. The lowest BCUT2D eigenvalue weighted by Crippen LogP contribution is -2.27. The van der Waals surface area contributed by atoms with E-state index in [0.29, 0.717) is 6.04 Å². The highest BCUT2D eigenvalue weighted by Crippen LogP contribution is 2.33. The van der Waals surface area contributed by atoms with Crippen LogP contribution >= 0.6 is 0 Å². The lowest BCUT2D eigenvalue weighted by atomic mass is 9.84. The Labute approximate surface area is 120 Å². The average Bonchev–Trinajstić information content (AvgIpc) is 2.50. The lowest BCUT2D eigenvalue weighted by Gasteiger charge is -2.30. The molecule has 3 heteroatoms. The molecule has 0 bridgehead atoms. The van der Waals surface area contributed by atoms with Crippen molar-refractivity contribution in [3.05, 3.63) is 30.5 Å². The number of benzene rings is 1. The van der Waals surface area contributed by atoms with Crippen molar-refractivity contribution in [2.45, 2.75) is 45.1 Å². The predicted molar refractivity (Wildman–Crippen MR) is 85.8 cm³/mol. The summed E-state index contributed by atoms with van der Waals surface area (Å²) in [6.45, 7) is 2.29. The van der Waals surface area contributed by atoms with Gasteiger partial charge in [0.2, 0.25) is 0 Å². The maximum atomic E-state index is 6.15. The van der Waals surface area contributed by atoms with Crippen LogP contribution in [0, 0.1) is 5.92 Å². The fourth-order valence-electron chi connectivity index (χ4n) is 3.31. The molecule has 1 heterocycles. The molecule has 3 nitrogen and oxygen atoms in total. The van der Waals surface area contributed by atoms with E-state index in [-0.39, 0.29) is 0 Å². The highest BCUT2D eigenvalue weighted by molar-refractivity contribution is 5.96. The zero-order valence-corrected chi connectivity index (χ0v) is 12.1. The van der Waals surface area contributed by atoms with Crippen LogP contribution in [0.4, 0.5) is 11.4 Å². The summed E-state index contributed by atoms with van der Waals surface area (Å²) < 4.78 is 0. The third kappa shape index (κ3) is 2.58. The highest BCUT2D eigenvalue weighted by Gasteiger charge is 2.21. The van der Waals surface area contributed by atoms with E-state index in [1.165, 1.54) is 32.1 Å². The maximum absolute atomic E-state index is 6.15. The van der Waals surface area contributed by atoms with Crippen molar-refractivity contribution in [1.29, 1.82) is 0 Å². The second kappa shape index (κ2) is 5.70. The van der Waals surface area contributed by atoms with Crippen molar-refractivity contribution in [3.63, 3.8) is 0 Å². The van der Waals surface area contributed by atoms with Crippen molar-refractivity contribution < 1.29 is 0 Å². The summed E-state index contributed by atoms with van der Waals surface area (Å²) in [5.74, 6) is 0.857. The summed E-state index contributed by atoms with van der Waals surface area (Å²) in [6.07, 6.45) is 8.25. The smallest absolute Gasteiger partial charge is 0.0743 e. The molecule has 0 radical (unpaired) electrons. The molecular weight excluding hydrogens is 246 g/mol. The van der Waals surface area contributed by atoms with Crippen LogP contribution in [-0.2, 0) is 0 Å². The standard InChI is InChI=1S/C17H23N3/c1-2-12-6-5-7-13(10-12)20-17-14-8-3-4-9-16(14)19-11-15(17)18/h3-4,8-9,11-13H,2,5-7,10,18H2,1H3,(H,19,20). The number of hydrogen-bond acceptors (Lipinski definition) is 3. The average molecular weight is 269 g/mol. The Kier molecular flexibility index (Phi) is 3.77. The first-order valence-corrected chi connectivity index (χ1v) is 7.67. The molecule has 1 fully saturated rings. The number of pyridine rings is 1. The molecule has 2 atom stereocenters. The predicted octanol–water partition coefficient (Wildman–Crippen LogP) is 4.20. The van der Waals surface area contributed by atoms with Crippen LogP contribution in [0.2, 0.25) is 0 Å². The Bertz CT molecular complexity index is 594.